The van der Waals surface area contributed by atoms with E-state index in [1.165, 1.54) is 6.92 Å². The molecule has 0 spiro atoms. The highest BCUT2D eigenvalue weighted by Crippen LogP contribution is 2.61. The van der Waals surface area contributed by atoms with Crippen LogP contribution in [0.5, 0.6) is 0 Å². The van der Waals surface area contributed by atoms with Crippen LogP contribution in [0.1, 0.15) is 41.0 Å². The zero-order chi connectivity index (χ0) is 13.2. The third-order valence-corrected chi connectivity index (χ3v) is 4.62. The molecule has 0 bridgehead atoms. The largest absolute Gasteiger partial charge is 0.381 e. The molecule has 1 aliphatic carbocycles. The van der Waals surface area contributed by atoms with Gasteiger partial charge in [-0.15, -0.1) is 0 Å². The number of ketones is 1. The Morgan fingerprint density at radius 1 is 1.35 bits per heavy atom. The summed E-state index contributed by atoms with van der Waals surface area (Å²) in [5, 5.41) is 20.8. The fraction of sp³-hybridized carbons (Fsp3) is 0.923. The molecule has 1 aliphatic heterocycles. The molecule has 4 heteroatoms. The van der Waals surface area contributed by atoms with E-state index in [1.807, 2.05) is 20.8 Å². The third kappa shape index (κ3) is 1.44. The molecule has 4 nitrogen and oxygen atoms in total. The Hall–Kier alpha value is -0.450. The molecule has 1 saturated carbocycles. The van der Waals surface area contributed by atoms with Gasteiger partial charge in [0.2, 0.25) is 0 Å². The SMILES string of the molecule is CC(=O)C1(O)C(C)C2(O)OC(C(C)(C)C)CC21. The quantitative estimate of drug-likeness (QED) is 0.722. The van der Waals surface area contributed by atoms with Crippen LogP contribution >= 0.6 is 0 Å². The molecule has 2 rings (SSSR count). The molecule has 0 aromatic carbocycles. The molecule has 17 heavy (non-hydrogen) atoms. The maximum absolute atomic E-state index is 11.6. The van der Waals surface area contributed by atoms with Crippen molar-refractivity contribution in [1.29, 1.82) is 0 Å². The average molecular weight is 242 g/mol. The van der Waals surface area contributed by atoms with Gasteiger partial charge in [0.05, 0.1) is 12.0 Å². The first-order valence-electron chi connectivity index (χ1n) is 6.18. The Kier molecular flexibility index (Phi) is 2.53. The van der Waals surface area contributed by atoms with Crippen molar-refractivity contribution in [3.8, 4) is 0 Å². The van der Waals surface area contributed by atoms with E-state index >= 15 is 0 Å². The molecule has 1 heterocycles. The lowest BCUT2D eigenvalue weighted by atomic mass is 9.54. The minimum atomic E-state index is -1.42. The van der Waals surface area contributed by atoms with Crippen LogP contribution in [0.4, 0.5) is 0 Å². The molecular weight excluding hydrogens is 220 g/mol. The molecule has 2 fully saturated rings. The van der Waals surface area contributed by atoms with Gasteiger partial charge in [0, 0.05) is 5.92 Å². The number of hydrogen-bond acceptors (Lipinski definition) is 4. The summed E-state index contributed by atoms with van der Waals surface area (Å²) >= 11 is 0. The van der Waals surface area contributed by atoms with Gasteiger partial charge in [-0.05, 0) is 18.8 Å². The molecular formula is C13H22O4. The average Bonchev–Trinajstić information content (AvgIpc) is 2.52. The molecule has 2 aliphatic rings. The van der Waals surface area contributed by atoms with Gasteiger partial charge in [0.25, 0.3) is 0 Å². The van der Waals surface area contributed by atoms with Crippen molar-refractivity contribution in [3.05, 3.63) is 0 Å². The number of carbonyl (C=O) groups excluding carboxylic acids is 1. The first kappa shape index (κ1) is 13.0. The lowest BCUT2D eigenvalue weighted by Gasteiger charge is -2.56. The number of ether oxygens (including phenoxy) is 1. The second-order valence-electron chi connectivity index (χ2n) is 6.62. The summed E-state index contributed by atoms with van der Waals surface area (Å²) in [6, 6.07) is 0. The maximum atomic E-state index is 11.6. The van der Waals surface area contributed by atoms with Crippen LogP contribution in [0.15, 0.2) is 0 Å². The van der Waals surface area contributed by atoms with Crippen LogP contribution in [-0.4, -0.2) is 33.5 Å². The van der Waals surface area contributed by atoms with Crippen LogP contribution in [-0.2, 0) is 9.53 Å². The minimum Gasteiger partial charge on any atom is -0.381 e. The number of carbonyl (C=O) groups is 1. The van der Waals surface area contributed by atoms with Crippen LogP contribution in [0.3, 0.4) is 0 Å². The Morgan fingerprint density at radius 3 is 2.29 bits per heavy atom. The van der Waals surface area contributed by atoms with Crippen LogP contribution in [0, 0.1) is 17.3 Å². The Morgan fingerprint density at radius 2 is 1.88 bits per heavy atom. The van der Waals surface area contributed by atoms with E-state index in [1.54, 1.807) is 6.92 Å². The number of hydrogen-bond donors (Lipinski definition) is 2. The second-order valence-corrected chi connectivity index (χ2v) is 6.62. The van der Waals surface area contributed by atoms with Gasteiger partial charge in [-0.3, -0.25) is 4.79 Å². The predicted molar refractivity (Wildman–Crippen MR) is 62.2 cm³/mol. The third-order valence-electron chi connectivity index (χ3n) is 4.62. The first-order valence-corrected chi connectivity index (χ1v) is 6.18. The fourth-order valence-corrected chi connectivity index (χ4v) is 3.24. The van der Waals surface area contributed by atoms with Crippen LogP contribution < -0.4 is 0 Å². The molecule has 0 amide bonds. The molecule has 5 unspecified atom stereocenters. The van der Waals surface area contributed by atoms with E-state index < -0.39 is 23.2 Å². The Bertz CT molecular complexity index is 359. The van der Waals surface area contributed by atoms with Crippen molar-refractivity contribution < 1.29 is 19.7 Å². The molecule has 5 atom stereocenters. The Labute approximate surface area is 102 Å². The zero-order valence-corrected chi connectivity index (χ0v) is 11.2. The monoisotopic (exact) mass is 242 g/mol. The van der Waals surface area contributed by atoms with E-state index in [0.29, 0.717) is 6.42 Å². The van der Waals surface area contributed by atoms with E-state index in [0.717, 1.165) is 0 Å². The summed E-state index contributed by atoms with van der Waals surface area (Å²) < 4.78 is 5.71. The van der Waals surface area contributed by atoms with Gasteiger partial charge >= 0.3 is 0 Å². The van der Waals surface area contributed by atoms with Gasteiger partial charge in [0.1, 0.15) is 5.60 Å². The fourth-order valence-electron chi connectivity index (χ4n) is 3.24. The highest BCUT2D eigenvalue weighted by Gasteiger charge is 2.75. The highest BCUT2D eigenvalue weighted by atomic mass is 16.6. The van der Waals surface area contributed by atoms with Crippen molar-refractivity contribution in [2.75, 3.05) is 0 Å². The lowest BCUT2D eigenvalue weighted by Crippen LogP contribution is -2.74. The van der Waals surface area contributed by atoms with Crippen molar-refractivity contribution in [2.24, 2.45) is 17.3 Å². The van der Waals surface area contributed by atoms with Crippen molar-refractivity contribution in [1.82, 2.24) is 0 Å². The normalized spacial score (nSPS) is 49.7. The molecule has 2 N–H and O–H groups in total. The number of Topliss-reactive ketones (excluding diaryl/α,β-unsaturated/α-hetero) is 1. The topological polar surface area (TPSA) is 66.8 Å². The molecule has 0 aromatic heterocycles. The maximum Gasteiger partial charge on any atom is 0.177 e. The summed E-state index contributed by atoms with van der Waals surface area (Å²) in [7, 11) is 0. The summed E-state index contributed by atoms with van der Waals surface area (Å²) in [5.74, 6) is -2.67. The van der Waals surface area contributed by atoms with Crippen LogP contribution in [0.2, 0.25) is 0 Å². The van der Waals surface area contributed by atoms with Crippen molar-refractivity contribution >= 4 is 5.78 Å². The zero-order valence-electron chi connectivity index (χ0n) is 11.2. The number of fused-ring (bicyclic) bond motifs is 1. The van der Waals surface area contributed by atoms with Gasteiger partial charge in [-0.2, -0.15) is 0 Å². The van der Waals surface area contributed by atoms with E-state index in [9.17, 15) is 15.0 Å². The summed E-state index contributed by atoms with van der Waals surface area (Å²) in [4.78, 5) is 11.6. The second kappa shape index (κ2) is 3.31. The van der Waals surface area contributed by atoms with E-state index in [-0.39, 0.29) is 17.3 Å². The summed E-state index contributed by atoms with van der Waals surface area (Å²) in [5.41, 5.74) is -1.53. The van der Waals surface area contributed by atoms with Gasteiger partial charge in [-0.1, -0.05) is 27.7 Å². The van der Waals surface area contributed by atoms with Crippen molar-refractivity contribution in [3.63, 3.8) is 0 Å². The lowest BCUT2D eigenvalue weighted by molar-refractivity contribution is -0.356. The summed E-state index contributed by atoms with van der Waals surface area (Å²) in [6.45, 7) is 9.14. The standard InChI is InChI=1S/C13H22O4/c1-7-12(15,8(2)14)9-6-10(11(3,4)5)17-13(7,9)16/h7,9-10,15-16H,6H2,1-5H3. The molecule has 98 valence electrons. The predicted octanol–water partition coefficient (Wildman–Crippen LogP) is 1.10. The molecule has 1 saturated heterocycles. The van der Waals surface area contributed by atoms with Crippen molar-refractivity contribution in [2.45, 2.75) is 58.5 Å². The number of rotatable bonds is 1. The molecule has 0 aromatic rings. The van der Waals surface area contributed by atoms with Crippen LogP contribution in [0.25, 0.3) is 0 Å². The van der Waals surface area contributed by atoms with E-state index in [4.69, 9.17) is 4.74 Å². The van der Waals surface area contributed by atoms with Gasteiger partial charge < -0.3 is 14.9 Å². The smallest absolute Gasteiger partial charge is 0.177 e. The van der Waals surface area contributed by atoms with Gasteiger partial charge in [-0.25, -0.2) is 0 Å². The summed E-state index contributed by atoms with van der Waals surface area (Å²) in [6.07, 6.45) is 0.397. The molecule has 0 radical (unpaired) electrons. The Balaban J connectivity index is 2.29. The van der Waals surface area contributed by atoms with Gasteiger partial charge in [0.15, 0.2) is 11.6 Å². The highest BCUT2D eigenvalue weighted by molar-refractivity contribution is 5.87. The number of aliphatic hydroxyl groups is 2. The van der Waals surface area contributed by atoms with E-state index in [2.05, 4.69) is 0 Å². The first-order chi connectivity index (χ1) is 7.54. The minimum absolute atomic E-state index is 0.107.